The molecule has 0 aliphatic heterocycles. The quantitative estimate of drug-likeness (QED) is 0.638. The van der Waals surface area contributed by atoms with Crippen LogP contribution in [0, 0.1) is 11.6 Å². The van der Waals surface area contributed by atoms with E-state index in [2.05, 4.69) is 20.6 Å². The molecule has 2 aromatic heterocycles. The van der Waals surface area contributed by atoms with Gasteiger partial charge in [0.25, 0.3) is 0 Å². The van der Waals surface area contributed by atoms with Crippen molar-refractivity contribution >= 4 is 0 Å². The minimum absolute atomic E-state index is 0.143. The minimum Gasteiger partial charge on any atom is -0.384 e. The lowest BCUT2D eigenvalue weighted by Crippen LogP contribution is -2.34. The van der Waals surface area contributed by atoms with Crippen molar-refractivity contribution < 1.29 is 13.9 Å². The summed E-state index contributed by atoms with van der Waals surface area (Å²) >= 11 is 0. The summed E-state index contributed by atoms with van der Waals surface area (Å²) in [4.78, 5) is 0. The molecule has 0 fully saturated rings. The van der Waals surface area contributed by atoms with Crippen LogP contribution in [0.5, 0.6) is 0 Å². The number of nitrogens with zero attached hydrogens (tertiary/aromatic N) is 3. The Morgan fingerprint density at radius 3 is 2.64 bits per heavy atom. The van der Waals surface area contributed by atoms with Gasteiger partial charge in [-0.15, -0.1) is 0 Å². The lowest BCUT2D eigenvalue weighted by molar-refractivity contribution is 0.0566. The Balaban J connectivity index is 1.72. The first-order valence-corrected chi connectivity index (χ1v) is 7.77. The number of rotatable bonds is 6. The van der Waals surface area contributed by atoms with Gasteiger partial charge in [-0.2, -0.15) is 10.2 Å². The van der Waals surface area contributed by atoms with Gasteiger partial charge in [-0.1, -0.05) is 6.07 Å². The molecule has 3 aromatic rings. The zero-order chi connectivity index (χ0) is 18.0. The smallest absolute Gasteiger partial charge is 0.135 e. The van der Waals surface area contributed by atoms with Gasteiger partial charge in [0.15, 0.2) is 0 Å². The summed E-state index contributed by atoms with van der Waals surface area (Å²) in [6, 6.07) is 3.71. The summed E-state index contributed by atoms with van der Waals surface area (Å²) < 4.78 is 29.6. The molecule has 25 heavy (non-hydrogen) atoms. The largest absolute Gasteiger partial charge is 0.384 e. The van der Waals surface area contributed by atoms with Gasteiger partial charge in [0.05, 0.1) is 23.7 Å². The Bertz CT molecular complexity index is 851. The lowest BCUT2D eigenvalue weighted by atomic mass is 9.99. The monoisotopic (exact) mass is 347 g/mol. The fourth-order valence-corrected chi connectivity index (χ4v) is 2.64. The number of nitrogens with one attached hydrogen (secondary N) is 2. The molecule has 3 N–H and O–H groups in total. The van der Waals surface area contributed by atoms with Crippen molar-refractivity contribution in [1.29, 1.82) is 0 Å². The molecule has 0 amide bonds. The van der Waals surface area contributed by atoms with Crippen LogP contribution >= 0.6 is 0 Å². The van der Waals surface area contributed by atoms with Crippen molar-refractivity contribution in [3.63, 3.8) is 0 Å². The Labute approximate surface area is 143 Å². The van der Waals surface area contributed by atoms with Crippen molar-refractivity contribution in [3.8, 4) is 11.3 Å². The van der Waals surface area contributed by atoms with Gasteiger partial charge in [-0.05, 0) is 19.1 Å². The van der Waals surface area contributed by atoms with Crippen LogP contribution in [0.15, 0.2) is 36.8 Å². The van der Waals surface area contributed by atoms with Crippen LogP contribution in [-0.2, 0) is 19.2 Å². The first-order valence-electron chi connectivity index (χ1n) is 7.77. The number of aliphatic hydroxyl groups is 1. The van der Waals surface area contributed by atoms with Crippen LogP contribution in [0.25, 0.3) is 11.3 Å². The maximum absolute atomic E-state index is 14.0. The van der Waals surface area contributed by atoms with Gasteiger partial charge in [0.1, 0.15) is 17.2 Å². The number of H-pyrrole nitrogens is 1. The molecule has 8 heteroatoms. The van der Waals surface area contributed by atoms with Gasteiger partial charge < -0.3 is 10.4 Å². The molecule has 1 unspecified atom stereocenters. The van der Waals surface area contributed by atoms with E-state index in [-0.39, 0.29) is 24.3 Å². The molecular weight excluding hydrogens is 328 g/mol. The summed E-state index contributed by atoms with van der Waals surface area (Å²) in [7, 11) is 1.77. The van der Waals surface area contributed by atoms with Crippen LogP contribution in [0.3, 0.4) is 0 Å². The second-order valence-corrected chi connectivity index (χ2v) is 6.15. The van der Waals surface area contributed by atoms with E-state index in [0.29, 0.717) is 11.1 Å². The fraction of sp³-hybridized carbons (Fsp3) is 0.294. The molecule has 1 aromatic carbocycles. The van der Waals surface area contributed by atoms with Gasteiger partial charge in [-0.3, -0.25) is 9.78 Å². The molecule has 0 radical (unpaired) electrons. The molecule has 3 rings (SSSR count). The van der Waals surface area contributed by atoms with Crippen molar-refractivity contribution in [2.24, 2.45) is 7.05 Å². The summed E-state index contributed by atoms with van der Waals surface area (Å²) in [5, 5.41) is 24.2. The average Bonchev–Trinajstić information content (AvgIpc) is 3.17. The molecular formula is C17H19F2N5O. The molecule has 0 saturated carbocycles. The second-order valence-electron chi connectivity index (χ2n) is 6.15. The number of aromatic nitrogens is 4. The fourth-order valence-electron chi connectivity index (χ4n) is 2.64. The van der Waals surface area contributed by atoms with Gasteiger partial charge in [0.2, 0.25) is 0 Å². The maximum Gasteiger partial charge on any atom is 0.135 e. The minimum atomic E-state index is -1.12. The van der Waals surface area contributed by atoms with E-state index in [1.165, 1.54) is 24.4 Å². The highest BCUT2D eigenvalue weighted by Crippen LogP contribution is 2.27. The average molecular weight is 347 g/mol. The predicted molar refractivity (Wildman–Crippen MR) is 88.4 cm³/mol. The molecule has 0 spiro atoms. The first kappa shape index (κ1) is 17.2. The highest BCUT2D eigenvalue weighted by atomic mass is 19.1. The Kier molecular flexibility index (Phi) is 4.65. The van der Waals surface area contributed by atoms with Crippen molar-refractivity contribution in [2.45, 2.75) is 19.1 Å². The SMILES string of the molecule is Cn1cc(C(C)(O)CNCc2cn[nH]c2-c2c(F)cccc2F)cn1. The summed E-state index contributed by atoms with van der Waals surface area (Å²) in [5.74, 6) is -1.32. The van der Waals surface area contributed by atoms with E-state index < -0.39 is 17.2 Å². The third kappa shape index (κ3) is 3.59. The Morgan fingerprint density at radius 1 is 1.28 bits per heavy atom. The van der Waals surface area contributed by atoms with Gasteiger partial charge in [-0.25, -0.2) is 8.78 Å². The van der Waals surface area contributed by atoms with E-state index in [1.807, 2.05) is 0 Å². The third-order valence-corrected chi connectivity index (χ3v) is 4.04. The number of hydrogen-bond donors (Lipinski definition) is 3. The molecule has 0 aliphatic rings. The Morgan fingerprint density at radius 2 is 2.00 bits per heavy atom. The normalized spacial score (nSPS) is 13.8. The summed E-state index contributed by atoms with van der Waals surface area (Å²) in [6.45, 7) is 2.20. The van der Waals surface area contributed by atoms with Crippen LogP contribution < -0.4 is 5.32 Å². The maximum atomic E-state index is 14.0. The number of aromatic amines is 1. The highest BCUT2D eigenvalue weighted by Gasteiger charge is 2.24. The highest BCUT2D eigenvalue weighted by molar-refractivity contribution is 5.64. The van der Waals surface area contributed by atoms with Crippen molar-refractivity contribution in [1.82, 2.24) is 25.3 Å². The number of hydrogen-bond acceptors (Lipinski definition) is 4. The van der Waals surface area contributed by atoms with Crippen LogP contribution in [0.2, 0.25) is 0 Å². The van der Waals surface area contributed by atoms with Crippen LogP contribution in [-0.4, -0.2) is 31.6 Å². The van der Waals surface area contributed by atoms with Crippen LogP contribution in [0.1, 0.15) is 18.1 Å². The van der Waals surface area contributed by atoms with Crippen molar-refractivity contribution in [2.75, 3.05) is 6.54 Å². The molecule has 0 aliphatic carbocycles. The zero-order valence-corrected chi connectivity index (χ0v) is 13.9. The molecule has 132 valence electrons. The molecule has 0 saturated heterocycles. The third-order valence-electron chi connectivity index (χ3n) is 4.04. The second kappa shape index (κ2) is 6.73. The van der Waals surface area contributed by atoms with Gasteiger partial charge in [0, 0.05) is 37.5 Å². The standard InChI is InChI=1S/C17H19F2N5O/c1-17(25,12-8-22-24(2)9-12)10-20-6-11-7-21-23-16(11)15-13(18)4-3-5-14(15)19/h3-5,7-9,20,25H,6,10H2,1-2H3,(H,21,23). The van der Waals surface area contributed by atoms with Gasteiger partial charge >= 0.3 is 0 Å². The topological polar surface area (TPSA) is 78.8 Å². The summed E-state index contributed by atoms with van der Waals surface area (Å²) in [6.07, 6.45) is 4.84. The van der Waals surface area contributed by atoms with E-state index in [1.54, 1.807) is 31.0 Å². The number of aryl methyl sites for hydroxylation is 1. The van der Waals surface area contributed by atoms with E-state index >= 15 is 0 Å². The van der Waals surface area contributed by atoms with E-state index in [0.717, 1.165) is 0 Å². The molecule has 1 atom stereocenters. The lowest BCUT2D eigenvalue weighted by Gasteiger charge is -2.22. The Hall–Kier alpha value is -2.58. The summed E-state index contributed by atoms with van der Waals surface area (Å²) in [5.41, 5.74) is 0.294. The van der Waals surface area contributed by atoms with E-state index in [9.17, 15) is 13.9 Å². The molecule has 2 heterocycles. The first-order chi connectivity index (χ1) is 11.9. The number of benzene rings is 1. The predicted octanol–water partition coefficient (Wildman–Crippen LogP) is 2.09. The van der Waals surface area contributed by atoms with E-state index in [4.69, 9.17) is 0 Å². The zero-order valence-electron chi connectivity index (χ0n) is 13.9. The molecule has 0 bridgehead atoms. The van der Waals surface area contributed by atoms with Crippen LogP contribution in [0.4, 0.5) is 8.78 Å². The van der Waals surface area contributed by atoms with Crippen molar-refractivity contribution in [3.05, 3.63) is 59.6 Å². The number of halogens is 2. The molecule has 6 nitrogen and oxygen atoms in total.